The summed E-state index contributed by atoms with van der Waals surface area (Å²) in [5.74, 6) is 2.37. The van der Waals surface area contributed by atoms with E-state index in [4.69, 9.17) is 11.3 Å². The van der Waals surface area contributed by atoms with E-state index in [9.17, 15) is 0 Å². The Kier molecular flexibility index (Phi) is 2.52. The van der Waals surface area contributed by atoms with Gasteiger partial charge in [0, 0.05) is 13.1 Å². The van der Waals surface area contributed by atoms with Crippen LogP contribution in [-0.4, -0.2) is 25.7 Å². The van der Waals surface area contributed by atoms with Gasteiger partial charge in [0.2, 0.25) is 0 Å². The Hall–Kier alpha value is -0.560. The van der Waals surface area contributed by atoms with Crippen LogP contribution in [0.5, 0.6) is 0 Å². The molecule has 50 valence electrons. The van der Waals surface area contributed by atoms with Crippen LogP contribution in [0.1, 0.15) is 0 Å². The van der Waals surface area contributed by atoms with Crippen molar-refractivity contribution in [1.29, 1.82) is 0 Å². The quantitative estimate of drug-likeness (QED) is 0.292. The maximum absolute atomic E-state index is 4.94. The summed E-state index contributed by atoms with van der Waals surface area (Å²) in [7, 11) is 0. The van der Waals surface area contributed by atoms with Crippen LogP contribution in [0, 0.1) is 12.3 Å². The number of terminal acetylenes is 1. The van der Waals surface area contributed by atoms with E-state index in [1.165, 1.54) is 0 Å². The summed E-state index contributed by atoms with van der Waals surface area (Å²) in [5, 5.41) is 3.09. The third kappa shape index (κ3) is 2.02. The second-order valence-corrected chi connectivity index (χ2v) is 1.97. The second kappa shape index (κ2) is 3.46. The largest absolute Gasteiger partial charge is 0.313 e. The molecule has 1 heterocycles. The van der Waals surface area contributed by atoms with Crippen molar-refractivity contribution in [3.63, 3.8) is 0 Å². The molecule has 0 bridgehead atoms. The number of nitrogens with one attached hydrogen (secondary N) is 2. The van der Waals surface area contributed by atoms with Crippen LogP contribution in [0.4, 0.5) is 0 Å². The Morgan fingerprint density at radius 1 is 1.78 bits per heavy atom. The average Bonchev–Trinajstić information content (AvgIpc) is 1.76. The van der Waals surface area contributed by atoms with E-state index in [1.807, 2.05) is 0 Å². The SMILES string of the molecule is C#CCONC1CNC1. The van der Waals surface area contributed by atoms with E-state index < -0.39 is 0 Å². The summed E-state index contributed by atoms with van der Waals surface area (Å²) in [5.41, 5.74) is 2.82. The predicted molar refractivity (Wildman–Crippen MR) is 34.6 cm³/mol. The molecule has 0 aromatic carbocycles. The molecule has 1 saturated heterocycles. The highest BCUT2D eigenvalue weighted by Gasteiger charge is 2.15. The molecular weight excluding hydrogens is 116 g/mol. The van der Waals surface area contributed by atoms with E-state index in [0.29, 0.717) is 12.6 Å². The molecule has 0 aromatic rings. The van der Waals surface area contributed by atoms with Gasteiger partial charge in [0.15, 0.2) is 0 Å². The Bertz CT molecular complexity index is 115. The molecule has 3 heteroatoms. The fourth-order valence-corrected chi connectivity index (χ4v) is 0.573. The van der Waals surface area contributed by atoms with Gasteiger partial charge in [-0.1, -0.05) is 5.92 Å². The second-order valence-electron chi connectivity index (χ2n) is 1.97. The Morgan fingerprint density at radius 3 is 3.00 bits per heavy atom. The van der Waals surface area contributed by atoms with Crippen LogP contribution < -0.4 is 10.8 Å². The summed E-state index contributed by atoms with van der Waals surface area (Å²) in [6, 6.07) is 0.457. The first-order valence-electron chi connectivity index (χ1n) is 2.95. The summed E-state index contributed by atoms with van der Waals surface area (Å²) in [6.45, 7) is 2.30. The van der Waals surface area contributed by atoms with E-state index >= 15 is 0 Å². The van der Waals surface area contributed by atoms with Gasteiger partial charge in [-0.2, -0.15) is 5.48 Å². The lowest BCUT2D eigenvalue weighted by Gasteiger charge is -2.26. The highest BCUT2D eigenvalue weighted by Crippen LogP contribution is 1.88. The van der Waals surface area contributed by atoms with Gasteiger partial charge in [0.25, 0.3) is 0 Å². The Labute approximate surface area is 54.7 Å². The van der Waals surface area contributed by atoms with Gasteiger partial charge in [-0.15, -0.1) is 6.42 Å². The maximum atomic E-state index is 4.94. The zero-order valence-corrected chi connectivity index (χ0v) is 5.18. The molecule has 0 saturated carbocycles. The van der Waals surface area contributed by atoms with Crippen LogP contribution >= 0.6 is 0 Å². The van der Waals surface area contributed by atoms with Crippen LogP contribution in [-0.2, 0) is 4.84 Å². The van der Waals surface area contributed by atoms with E-state index in [0.717, 1.165) is 13.1 Å². The molecule has 3 nitrogen and oxygen atoms in total. The van der Waals surface area contributed by atoms with Crippen molar-refractivity contribution in [3.05, 3.63) is 0 Å². The molecule has 9 heavy (non-hydrogen) atoms. The molecule has 0 aromatic heterocycles. The van der Waals surface area contributed by atoms with Gasteiger partial charge in [0.1, 0.15) is 6.61 Å². The first-order valence-corrected chi connectivity index (χ1v) is 2.95. The molecule has 2 N–H and O–H groups in total. The zero-order valence-electron chi connectivity index (χ0n) is 5.18. The van der Waals surface area contributed by atoms with E-state index in [1.54, 1.807) is 0 Å². The van der Waals surface area contributed by atoms with Gasteiger partial charge >= 0.3 is 0 Å². The van der Waals surface area contributed by atoms with Crippen molar-refractivity contribution < 1.29 is 4.84 Å². The Morgan fingerprint density at radius 2 is 2.56 bits per heavy atom. The summed E-state index contributed by atoms with van der Waals surface area (Å²) < 4.78 is 0. The molecule has 0 unspecified atom stereocenters. The van der Waals surface area contributed by atoms with Gasteiger partial charge in [0.05, 0.1) is 6.04 Å². The summed E-state index contributed by atoms with van der Waals surface area (Å²) in [6.07, 6.45) is 4.94. The lowest BCUT2D eigenvalue weighted by molar-refractivity contribution is 0.0238. The molecule has 1 fully saturated rings. The van der Waals surface area contributed by atoms with Crippen molar-refractivity contribution in [2.75, 3.05) is 19.7 Å². The topological polar surface area (TPSA) is 33.3 Å². The minimum Gasteiger partial charge on any atom is -0.313 e. The number of hydrogen-bond acceptors (Lipinski definition) is 3. The highest BCUT2D eigenvalue weighted by molar-refractivity contribution is 4.83. The maximum Gasteiger partial charge on any atom is 0.128 e. The number of hydroxylamine groups is 1. The third-order valence-corrected chi connectivity index (χ3v) is 1.19. The third-order valence-electron chi connectivity index (χ3n) is 1.19. The monoisotopic (exact) mass is 126 g/mol. The van der Waals surface area contributed by atoms with Crippen molar-refractivity contribution in [2.45, 2.75) is 6.04 Å². The standard InChI is InChI=1S/C6H10N2O/c1-2-3-9-8-6-4-7-5-6/h1,6-8H,3-5H2. The lowest BCUT2D eigenvalue weighted by Crippen LogP contribution is -2.55. The number of hydrogen-bond donors (Lipinski definition) is 2. The molecule has 0 atom stereocenters. The minimum absolute atomic E-state index is 0.344. The molecule has 1 aliphatic rings. The molecule has 0 radical (unpaired) electrons. The molecule has 0 amide bonds. The van der Waals surface area contributed by atoms with Crippen LogP contribution in [0.3, 0.4) is 0 Å². The first kappa shape index (κ1) is 6.56. The van der Waals surface area contributed by atoms with Crippen molar-refractivity contribution in [3.8, 4) is 12.3 Å². The average molecular weight is 126 g/mol. The van der Waals surface area contributed by atoms with Crippen LogP contribution in [0.2, 0.25) is 0 Å². The van der Waals surface area contributed by atoms with Gasteiger partial charge in [-0.3, -0.25) is 4.84 Å². The smallest absolute Gasteiger partial charge is 0.128 e. The Balaban J connectivity index is 1.87. The molecule has 1 rings (SSSR count). The molecular formula is C6H10N2O. The number of rotatable bonds is 3. The van der Waals surface area contributed by atoms with E-state index in [2.05, 4.69) is 16.7 Å². The zero-order chi connectivity index (χ0) is 6.53. The lowest BCUT2D eigenvalue weighted by atomic mass is 10.2. The summed E-state index contributed by atoms with van der Waals surface area (Å²) >= 11 is 0. The first-order chi connectivity index (χ1) is 4.43. The van der Waals surface area contributed by atoms with Crippen LogP contribution in [0.15, 0.2) is 0 Å². The van der Waals surface area contributed by atoms with Gasteiger partial charge in [-0.05, 0) is 0 Å². The van der Waals surface area contributed by atoms with E-state index in [-0.39, 0.29) is 0 Å². The molecule has 0 spiro atoms. The fraction of sp³-hybridized carbons (Fsp3) is 0.667. The predicted octanol–water partition coefficient (Wildman–Crippen LogP) is -0.887. The van der Waals surface area contributed by atoms with Gasteiger partial charge < -0.3 is 5.32 Å². The van der Waals surface area contributed by atoms with Crippen LogP contribution in [0.25, 0.3) is 0 Å². The van der Waals surface area contributed by atoms with Crippen molar-refractivity contribution in [1.82, 2.24) is 10.8 Å². The van der Waals surface area contributed by atoms with Crippen molar-refractivity contribution >= 4 is 0 Å². The minimum atomic E-state index is 0.344. The normalized spacial score (nSPS) is 18.6. The van der Waals surface area contributed by atoms with Gasteiger partial charge in [-0.25, -0.2) is 0 Å². The fourth-order valence-electron chi connectivity index (χ4n) is 0.573. The summed E-state index contributed by atoms with van der Waals surface area (Å²) in [4.78, 5) is 4.86. The molecule has 1 aliphatic heterocycles. The highest BCUT2D eigenvalue weighted by atomic mass is 16.6. The molecule has 0 aliphatic carbocycles. The van der Waals surface area contributed by atoms with Crippen molar-refractivity contribution in [2.24, 2.45) is 0 Å².